The van der Waals surface area contributed by atoms with E-state index in [1.165, 1.54) is 18.5 Å². The lowest BCUT2D eigenvalue weighted by Crippen LogP contribution is -2.34. The summed E-state index contributed by atoms with van der Waals surface area (Å²) >= 11 is 11.9. The van der Waals surface area contributed by atoms with Crippen molar-refractivity contribution < 1.29 is 14.4 Å². The number of carbonyl (C=O) groups excluding carboxylic acids is 3. The lowest BCUT2D eigenvalue weighted by Gasteiger charge is -2.23. The highest BCUT2D eigenvalue weighted by Gasteiger charge is 2.22. The quantitative estimate of drug-likeness (QED) is 0.459. The largest absolute Gasteiger partial charge is 0.341 e. The Morgan fingerprint density at radius 2 is 1.78 bits per heavy atom. The molecule has 1 saturated heterocycles. The smallest absolute Gasteiger partial charge is 0.258 e. The molecule has 3 heterocycles. The van der Waals surface area contributed by atoms with Gasteiger partial charge in [-0.2, -0.15) is 0 Å². The van der Waals surface area contributed by atoms with Crippen molar-refractivity contribution >= 4 is 52.4 Å². The lowest BCUT2D eigenvalue weighted by molar-refractivity contribution is -0.129. The van der Waals surface area contributed by atoms with E-state index in [0.717, 1.165) is 18.7 Å². The molecule has 11 heteroatoms. The minimum Gasteiger partial charge on any atom is -0.341 e. The number of anilines is 2. The van der Waals surface area contributed by atoms with E-state index in [0.29, 0.717) is 34.5 Å². The molecule has 1 aliphatic rings. The van der Waals surface area contributed by atoms with Gasteiger partial charge in [0.1, 0.15) is 5.82 Å². The highest BCUT2D eigenvalue weighted by atomic mass is 35.5. The van der Waals surface area contributed by atoms with Crippen LogP contribution in [0.4, 0.5) is 11.5 Å². The molecule has 9 nitrogen and oxygen atoms in total. The summed E-state index contributed by atoms with van der Waals surface area (Å²) in [6, 6.07) is 11.1. The molecule has 3 aromatic rings. The third-order valence-corrected chi connectivity index (χ3v) is 6.15. The summed E-state index contributed by atoms with van der Waals surface area (Å²) in [6.45, 7) is 3.54. The number of amides is 3. The van der Waals surface area contributed by atoms with Crippen LogP contribution in [0.15, 0.2) is 54.9 Å². The van der Waals surface area contributed by atoms with E-state index in [1.807, 2.05) is 0 Å². The number of aromatic nitrogens is 2. The summed E-state index contributed by atoms with van der Waals surface area (Å²) in [4.78, 5) is 47.9. The summed E-state index contributed by atoms with van der Waals surface area (Å²) in [5.74, 6) is -0.606. The van der Waals surface area contributed by atoms with Crippen LogP contribution >= 0.6 is 23.2 Å². The lowest BCUT2D eigenvalue weighted by atomic mass is 10.1. The van der Waals surface area contributed by atoms with Crippen molar-refractivity contribution in [1.82, 2.24) is 20.2 Å². The predicted octanol–water partition coefficient (Wildman–Crippen LogP) is 4.17. The standard InChI is InChI=1S/C25H24Cl2N6O3/c1-15(34)33-10-2-9-28-22(14-33)21-6-3-16(12-29-21)24(35)31-20-7-4-17(26)11-19(20)25(36)32-23-8-5-18(27)13-30-23/h3-8,11-13,22,28H,2,9-10,14H2,1H3,(H,31,35)(H,30,32,36). The molecule has 1 fully saturated rings. The maximum Gasteiger partial charge on any atom is 0.258 e. The molecule has 0 saturated carbocycles. The van der Waals surface area contributed by atoms with Gasteiger partial charge in [0, 0.05) is 37.4 Å². The van der Waals surface area contributed by atoms with Crippen molar-refractivity contribution in [2.45, 2.75) is 19.4 Å². The topological polar surface area (TPSA) is 116 Å². The van der Waals surface area contributed by atoms with E-state index in [1.54, 1.807) is 48.2 Å². The molecule has 4 rings (SSSR count). The van der Waals surface area contributed by atoms with Gasteiger partial charge in [-0.05, 0) is 55.4 Å². The van der Waals surface area contributed by atoms with Gasteiger partial charge >= 0.3 is 0 Å². The summed E-state index contributed by atoms with van der Waals surface area (Å²) in [5, 5.41) is 9.58. The van der Waals surface area contributed by atoms with Crippen molar-refractivity contribution in [2.24, 2.45) is 0 Å². The molecule has 3 amide bonds. The predicted molar refractivity (Wildman–Crippen MR) is 138 cm³/mol. The number of carbonyl (C=O) groups is 3. The molecule has 1 atom stereocenters. The summed E-state index contributed by atoms with van der Waals surface area (Å²) in [5.41, 5.74) is 1.50. The van der Waals surface area contributed by atoms with E-state index in [-0.39, 0.29) is 23.2 Å². The maximum absolute atomic E-state index is 12.9. The van der Waals surface area contributed by atoms with Crippen molar-refractivity contribution in [3.63, 3.8) is 0 Å². The number of nitrogens with zero attached hydrogens (tertiary/aromatic N) is 3. The second-order valence-electron chi connectivity index (χ2n) is 8.26. The van der Waals surface area contributed by atoms with Gasteiger partial charge in [0.2, 0.25) is 5.91 Å². The first kappa shape index (κ1) is 25.6. The maximum atomic E-state index is 12.9. The molecular weight excluding hydrogens is 503 g/mol. The molecule has 3 N–H and O–H groups in total. The first-order chi connectivity index (χ1) is 17.3. The Kier molecular flexibility index (Phi) is 8.14. The van der Waals surface area contributed by atoms with Crippen molar-refractivity contribution in [2.75, 3.05) is 30.3 Å². The van der Waals surface area contributed by atoms with Crippen LogP contribution in [0.3, 0.4) is 0 Å². The van der Waals surface area contributed by atoms with Crippen molar-refractivity contribution in [3.8, 4) is 0 Å². The number of hydrogen-bond acceptors (Lipinski definition) is 6. The summed E-state index contributed by atoms with van der Waals surface area (Å²) in [6.07, 6.45) is 3.75. The van der Waals surface area contributed by atoms with E-state index >= 15 is 0 Å². The minimum absolute atomic E-state index is 0.0225. The zero-order valence-corrected chi connectivity index (χ0v) is 20.9. The van der Waals surface area contributed by atoms with Crippen LogP contribution in [0, 0.1) is 0 Å². The normalized spacial score (nSPS) is 15.6. The number of rotatable bonds is 5. The zero-order valence-electron chi connectivity index (χ0n) is 19.4. The van der Waals surface area contributed by atoms with Crippen molar-refractivity contribution in [1.29, 1.82) is 0 Å². The van der Waals surface area contributed by atoms with Crippen LogP contribution in [0.5, 0.6) is 0 Å². The van der Waals surface area contributed by atoms with Crippen LogP contribution in [0.25, 0.3) is 0 Å². The Bertz CT molecular complexity index is 1270. The highest BCUT2D eigenvalue weighted by molar-refractivity contribution is 6.31. The molecule has 1 aromatic carbocycles. The molecule has 0 aliphatic carbocycles. The van der Waals surface area contributed by atoms with E-state index in [9.17, 15) is 14.4 Å². The molecule has 186 valence electrons. The summed E-state index contributed by atoms with van der Waals surface area (Å²) < 4.78 is 0. The molecule has 0 spiro atoms. The first-order valence-electron chi connectivity index (χ1n) is 11.3. The molecule has 0 bridgehead atoms. The molecule has 1 aliphatic heterocycles. The van der Waals surface area contributed by atoms with Crippen LogP contribution < -0.4 is 16.0 Å². The van der Waals surface area contributed by atoms with Gasteiger partial charge in [-0.15, -0.1) is 0 Å². The third kappa shape index (κ3) is 6.37. The number of benzene rings is 1. The first-order valence-corrected chi connectivity index (χ1v) is 12.0. The molecule has 1 unspecified atom stereocenters. The number of hydrogen-bond donors (Lipinski definition) is 3. The van der Waals surface area contributed by atoms with Gasteiger partial charge in [-0.1, -0.05) is 23.2 Å². The van der Waals surface area contributed by atoms with Gasteiger partial charge < -0.3 is 20.9 Å². The Hall–Kier alpha value is -3.53. The molecule has 36 heavy (non-hydrogen) atoms. The van der Waals surface area contributed by atoms with Crippen LogP contribution in [-0.2, 0) is 4.79 Å². The fourth-order valence-corrected chi connectivity index (χ4v) is 4.08. The molecule has 0 radical (unpaired) electrons. The average Bonchev–Trinajstić information content (AvgIpc) is 3.13. The summed E-state index contributed by atoms with van der Waals surface area (Å²) in [7, 11) is 0. The molecular formula is C25H24Cl2N6O3. The number of nitrogens with one attached hydrogen (secondary N) is 3. The molecule has 2 aromatic heterocycles. The Labute approximate surface area is 218 Å². The second kappa shape index (κ2) is 11.5. The average molecular weight is 527 g/mol. The number of pyridine rings is 2. The zero-order chi connectivity index (χ0) is 25.7. The van der Waals surface area contributed by atoms with E-state index in [2.05, 4.69) is 25.9 Å². The van der Waals surface area contributed by atoms with Crippen LogP contribution in [0.1, 0.15) is 45.8 Å². The Morgan fingerprint density at radius 1 is 0.972 bits per heavy atom. The monoisotopic (exact) mass is 526 g/mol. The van der Waals surface area contributed by atoms with Gasteiger partial charge in [-0.25, -0.2) is 4.98 Å². The minimum atomic E-state index is -0.495. The highest BCUT2D eigenvalue weighted by Crippen LogP contribution is 2.23. The third-order valence-electron chi connectivity index (χ3n) is 5.69. The van der Waals surface area contributed by atoms with Crippen molar-refractivity contribution in [3.05, 3.63) is 81.7 Å². The number of halogens is 2. The van der Waals surface area contributed by atoms with Crippen LogP contribution in [-0.4, -0.2) is 52.2 Å². The van der Waals surface area contributed by atoms with Gasteiger partial charge in [0.15, 0.2) is 0 Å². The fraction of sp³-hybridized carbons (Fsp3) is 0.240. The second-order valence-corrected chi connectivity index (χ2v) is 9.13. The Balaban J connectivity index is 1.48. The van der Waals surface area contributed by atoms with Crippen LogP contribution in [0.2, 0.25) is 10.0 Å². The fourth-order valence-electron chi connectivity index (χ4n) is 3.79. The van der Waals surface area contributed by atoms with Gasteiger partial charge in [-0.3, -0.25) is 19.4 Å². The van der Waals surface area contributed by atoms with E-state index in [4.69, 9.17) is 23.2 Å². The van der Waals surface area contributed by atoms with E-state index < -0.39 is 11.8 Å². The van der Waals surface area contributed by atoms with Gasteiger partial charge in [0.25, 0.3) is 11.8 Å². The van der Waals surface area contributed by atoms with Gasteiger partial charge in [0.05, 0.1) is 33.6 Å². The Morgan fingerprint density at radius 3 is 2.47 bits per heavy atom. The SMILES string of the molecule is CC(=O)N1CCCNC(c2ccc(C(=O)Nc3ccc(Cl)cc3C(=O)Nc3ccc(Cl)cn3)cn2)C1.